The minimum Gasteiger partial charge on any atom is -0.350 e. The van der Waals surface area contributed by atoms with Gasteiger partial charge in [-0.3, -0.25) is 9.48 Å². The highest BCUT2D eigenvalue weighted by atomic mass is 32.2. The van der Waals surface area contributed by atoms with Crippen LogP contribution in [-0.2, 0) is 40.9 Å². The van der Waals surface area contributed by atoms with Gasteiger partial charge >= 0.3 is 0 Å². The molecule has 1 N–H and O–H groups in total. The van der Waals surface area contributed by atoms with Crippen LogP contribution in [-0.4, -0.2) is 41.2 Å². The van der Waals surface area contributed by atoms with Crippen molar-refractivity contribution in [2.45, 2.75) is 39.9 Å². The Kier molecular flexibility index (Phi) is 5.15. The van der Waals surface area contributed by atoms with Crippen LogP contribution < -0.4 is 5.32 Å². The number of nitrogens with zero attached hydrogens (tertiary/aromatic N) is 3. The average molecular weight is 376 g/mol. The van der Waals surface area contributed by atoms with Gasteiger partial charge < -0.3 is 5.32 Å². The summed E-state index contributed by atoms with van der Waals surface area (Å²) in [6.45, 7) is 5.69. The lowest BCUT2D eigenvalue weighted by atomic mass is 10.0. The van der Waals surface area contributed by atoms with Gasteiger partial charge in [-0.05, 0) is 36.6 Å². The van der Waals surface area contributed by atoms with E-state index >= 15 is 0 Å². The molecule has 1 aliphatic heterocycles. The van der Waals surface area contributed by atoms with Gasteiger partial charge in [-0.1, -0.05) is 18.2 Å². The number of hydrogen-bond donors (Lipinski definition) is 1. The summed E-state index contributed by atoms with van der Waals surface area (Å²) in [5.41, 5.74) is 4.95. The number of rotatable bonds is 5. The molecule has 0 fully saturated rings. The number of carbonyl (C=O) groups excluding carboxylic acids is 1. The van der Waals surface area contributed by atoms with Crippen molar-refractivity contribution in [3.05, 3.63) is 52.3 Å². The maximum atomic E-state index is 12.2. The van der Waals surface area contributed by atoms with Crippen molar-refractivity contribution in [1.82, 2.24) is 19.4 Å². The molecule has 0 unspecified atom stereocenters. The number of fused-ring (bicyclic) bond motifs is 1. The molecular weight excluding hydrogens is 352 g/mol. The van der Waals surface area contributed by atoms with Crippen LogP contribution in [0.1, 0.15) is 28.1 Å². The first kappa shape index (κ1) is 18.6. The molecule has 1 aliphatic rings. The molecule has 0 spiro atoms. The van der Waals surface area contributed by atoms with Crippen LogP contribution >= 0.6 is 0 Å². The smallest absolute Gasteiger partial charge is 0.224 e. The van der Waals surface area contributed by atoms with Crippen molar-refractivity contribution >= 4 is 15.9 Å². The third-order valence-corrected chi connectivity index (χ3v) is 5.93. The van der Waals surface area contributed by atoms with E-state index in [9.17, 15) is 13.2 Å². The molecule has 1 aromatic carbocycles. The quantitative estimate of drug-likeness (QED) is 0.848. The molecule has 26 heavy (non-hydrogen) atoms. The number of aromatic nitrogens is 2. The number of nitrogens with one attached hydrogen (secondary N) is 1. The van der Waals surface area contributed by atoms with Gasteiger partial charge in [0.05, 0.1) is 43.7 Å². The Morgan fingerprint density at radius 1 is 1.19 bits per heavy atom. The highest BCUT2D eigenvalue weighted by Gasteiger charge is 2.24. The molecule has 0 bridgehead atoms. The Labute approximate surface area is 154 Å². The molecule has 140 valence electrons. The van der Waals surface area contributed by atoms with Crippen molar-refractivity contribution < 1.29 is 13.2 Å². The van der Waals surface area contributed by atoms with Crippen LogP contribution in [0.2, 0.25) is 0 Å². The minimum absolute atomic E-state index is 0.0583. The predicted molar refractivity (Wildman–Crippen MR) is 98.9 cm³/mol. The predicted octanol–water partition coefficient (Wildman–Crippen LogP) is 1.13. The van der Waals surface area contributed by atoms with E-state index < -0.39 is 10.0 Å². The first-order valence-corrected chi connectivity index (χ1v) is 10.4. The fraction of sp³-hybridized carbons (Fsp3) is 0.444. The van der Waals surface area contributed by atoms with Crippen LogP contribution in [0.4, 0.5) is 0 Å². The summed E-state index contributed by atoms with van der Waals surface area (Å²) in [5, 5.41) is 7.34. The molecule has 1 amide bonds. The third kappa shape index (κ3) is 4.31. The second-order valence-corrected chi connectivity index (χ2v) is 8.80. The number of hydrogen-bond acceptors (Lipinski definition) is 4. The minimum atomic E-state index is -3.20. The average Bonchev–Trinajstić information content (AvgIpc) is 2.97. The second-order valence-electron chi connectivity index (χ2n) is 6.82. The Hall–Kier alpha value is -2.19. The van der Waals surface area contributed by atoms with Gasteiger partial charge in [0.2, 0.25) is 15.9 Å². The molecule has 8 heteroatoms. The molecule has 2 heterocycles. The van der Waals surface area contributed by atoms with Crippen molar-refractivity contribution in [3.63, 3.8) is 0 Å². The van der Waals surface area contributed by atoms with Crippen molar-refractivity contribution in [2.24, 2.45) is 0 Å². The van der Waals surface area contributed by atoms with Gasteiger partial charge in [0.1, 0.15) is 0 Å². The van der Waals surface area contributed by atoms with E-state index in [0.717, 1.165) is 17.0 Å². The zero-order valence-corrected chi connectivity index (χ0v) is 16.1. The second kappa shape index (κ2) is 7.20. The highest BCUT2D eigenvalue weighted by molar-refractivity contribution is 7.88. The molecule has 0 atom stereocenters. The van der Waals surface area contributed by atoms with Crippen molar-refractivity contribution in [3.8, 4) is 0 Å². The van der Waals surface area contributed by atoms with Gasteiger partial charge in [-0.2, -0.15) is 9.40 Å². The lowest BCUT2D eigenvalue weighted by Crippen LogP contribution is -2.37. The van der Waals surface area contributed by atoms with Crippen LogP contribution in [0.3, 0.4) is 0 Å². The Morgan fingerprint density at radius 3 is 2.65 bits per heavy atom. The first-order valence-electron chi connectivity index (χ1n) is 8.56. The van der Waals surface area contributed by atoms with E-state index in [1.54, 1.807) is 0 Å². The summed E-state index contributed by atoms with van der Waals surface area (Å²) < 4.78 is 26.6. The number of carbonyl (C=O) groups is 1. The normalized spacial score (nSPS) is 14.9. The molecule has 0 radical (unpaired) electrons. The summed E-state index contributed by atoms with van der Waals surface area (Å²) in [6, 6.07) is 7.88. The van der Waals surface area contributed by atoms with Gasteiger partial charge in [0, 0.05) is 6.54 Å². The molecule has 2 aromatic rings. The largest absolute Gasteiger partial charge is 0.350 e. The Morgan fingerprint density at radius 2 is 1.96 bits per heavy atom. The van der Waals surface area contributed by atoms with Crippen LogP contribution in [0.5, 0.6) is 0 Å². The number of sulfonamides is 1. The number of benzene rings is 1. The van der Waals surface area contributed by atoms with E-state index in [1.165, 1.54) is 21.7 Å². The third-order valence-electron chi connectivity index (χ3n) is 4.69. The Balaban J connectivity index is 1.58. The van der Waals surface area contributed by atoms with Crippen LogP contribution in [0, 0.1) is 13.8 Å². The maximum absolute atomic E-state index is 12.2. The first-order chi connectivity index (χ1) is 12.2. The maximum Gasteiger partial charge on any atom is 0.224 e. The zero-order chi connectivity index (χ0) is 18.9. The molecule has 0 saturated heterocycles. The monoisotopic (exact) mass is 376 g/mol. The summed E-state index contributed by atoms with van der Waals surface area (Å²) in [4.78, 5) is 12.2. The fourth-order valence-corrected chi connectivity index (χ4v) is 3.80. The SMILES string of the molecule is Cc1ccc(CC(=O)NCc2cc3n(n2)CCN(S(C)(=O)=O)C3)cc1C. The van der Waals surface area contributed by atoms with Gasteiger partial charge in [-0.15, -0.1) is 0 Å². The van der Waals surface area contributed by atoms with Gasteiger partial charge in [0.15, 0.2) is 0 Å². The van der Waals surface area contributed by atoms with E-state index in [2.05, 4.69) is 10.4 Å². The van der Waals surface area contributed by atoms with Crippen molar-refractivity contribution in [2.75, 3.05) is 12.8 Å². The van der Waals surface area contributed by atoms with Gasteiger partial charge in [-0.25, -0.2) is 8.42 Å². The van der Waals surface area contributed by atoms with Crippen LogP contribution in [0.15, 0.2) is 24.3 Å². The standard InChI is InChI=1S/C18H24N4O3S/c1-13-4-5-15(8-14(13)2)9-18(23)19-11-16-10-17-12-21(26(3,24)25)6-7-22(17)20-16/h4-5,8,10H,6-7,9,11-12H2,1-3H3,(H,19,23). The van der Waals surface area contributed by atoms with Crippen molar-refractivity contribution in [1.29, 1.82) is 0 Å². The van der Waals surface area contributed by atoms with E-state index in [0.29, 0.717) is 32.6 Å². The topological polar surface area (TPSA) is 84.3 Å². The van der Waals surface area contributed by atoms with Gasteiger partial charge in [0.25, 0.3) is 0 Å². The lowest BCUT2D eigenvalue weighted by Gasteiger charge is -2.25. The molecule has 0 saturated carbocycles. The Bertz CT molecular complexity index is 934. The summed E-state index contributed by atoms with van der Waals surface area (Å²) >= 11 is 0. The zero-order valence-electron chi connectivity index (χ0n) is 15.3. The molecule has 0 aliphatic carbocycles. The fourth-order valence-electron chi connectivity index (χ4n) is 3.02. The molecule has 7 nitrogen and oxygen atoms in total. The summed E-state index contributed by atoms with van der Waals surface area (Å²) in [5.74, 6) is -0.0583. The van der Waals surface area contributed by atoms with E-state index in [4.69, 9.17) is 0 Å². The molecule has 1 aromatic heterocycles. The highest BCUT2D eigenvalue weighted by Crippen LogP contribution is 2.16. The number of amides is 1. The lowest BCUT2D eigenvalue weighted by molar-refractivity contribution is -0.120. The van der Waals surface area contributed by atoms with Crippen LogP contribution in [0.25, 0.3) is 0 Å². The molecule has 3 rings (SSSR count). The van der Waals surface area contributed by atoms with E-state index in [-0.39, 0.29) is 5.91 Å². The summed E-state index contributed by atoms with van der Waals surface area (Å²) in [7, 11) is -3.20. The number of aryl methyl sites for hydroxylation is 2. The van der Waals surface area contributed by atoms with E-state index in [1.807, 2.05) is 42.8 Å². The molecular formula is C18H24N4O3S. The summed E-state index contributed by atoms with van der Waals surface area (Å²) in [6.07, 6.45) is 1.55.